The fourth-order valence-corrected chi connectivity index (χ4v) is 2.75. The predicted molar refractivity (Wildman–Crippen MR) is 85.1 cm³/mol. The van der Waals surface area contributed by atoms with Gasteiger partial charge in [-0.05, 0) is 44.0 Å². The average Bonchev–Trinajstić information content (AvgIpc) is 3.22. The molecule has 0 spiro atoms. The van der Waals surface area contributed by atoms with Gasteiger partial charge in [0.05, 0.1) is 24.1 Å². The monoisotopic (exact) mass is 313 g/mol. The van der Waals surface area contributed by atoms with Crippen LogP contribution < -0.4 is 5.32 Å². The molecule has 0 bridgehead atoms. The summed E-state index contributed by atoms with van der Waals surface area (Å²) in [6.45, 7) is 4.59. The SMILES string of the molecule is Cc1cc(C)n(Cc2cccc(NC(=O)[C@H]3C[C@@H]3C(=O)O)c2)n1. The smallest absolute Gasteiger partial charge is 0.307 e. The zero-order valence-corrected chi connectivity index (χ0v) is 13.1. The Hall–Kier alpha value is -2.63. The number of aliphatic carboxylic acids is 1. The first-order chi connectivity index (χ1) is 10.9. The van der Waals surface area contributed by atoms with Crippen molar-refractivity contribution in [1.29, 1.82) is 0 Å². The molecule has 3 rings (SSSR count). The van der Waals surface area contributed by atoms with Crippen molar-refractivity contribution in [1.82, 2.24) is 9.78 Å². The van der Waals surface area contributed by atoms with E-state index in [0.717, 1.165) is 17.0 Å². The van der Waals surface area contributed by atoms with E-state index in [1.54, 1.807) is 6.07 Å². The number of amides is 1. The van der Waals surface area contributed by atoms with E-state index in [-0.39, 0.29) is 5.91 Å². The number of hydrogen-bond acceptors (Lipinski definition) is 3. The van der Waals surface area contributed by atoms with Crippen molar-refractivity contribution in [2.24, 2.45) is 11.8 Å². The van der Waals surface area contributed by atoms with Crippen molar-refractivity contribution in [3.8, 4) is 0 Å². The number of carbonyl (C=O) groups is 2. The van der Waals surface area contributed by atoms with Crippen LogP contribution in [-0.2, 0) is 16.1 Å². The summed E-state index contributed by atoms with van der Waals surface area (Å²) in [5.41, 5.74) is 3.77. The quantitative estimate of drug-likeness (QED) is 0.886. The minimum Gasteiger partial charge on any atom is -0.481 e. The molecule has 1 aliphatic carbocycles. The lowest BCUT2D eigenvalue weighted by molar-refractivity contribution is -0.139. The molecule has 0 unspecified atom stereocenters. The van der Waals surface area contributed by atoms with Gasteiger partial charge in [-0.15, -0.1) is 0 Å². The number of nitrogens with zero attached hydrogens (tertiary/aromatic N) is 2. The molecule has 1 aliphatic rings. The van der Waals surface area contributed by atoms with Gasteiger partial charge in [0.2, 0.25) is 5.91 Å². The van der Waals surface area contributed by atoms with Gasteiger partial charge in [0.15, 0.2) is 0 Å². The Bertz CT molecular complexity index is 766. The summed E-state index contributed by atoms with van der Waals surface area (Å²) in [7, 11) is 0. The van der Waals surface area contributed by atoms with E-state index in [0.29, 0.717) is 18.7 Å². The standard InChI is InChI=1S/C17H19N3O3/c1-10-6-11(2)20(19-10)9-12-4-3-5-13(7-12)18-16(21)14-8-15(14)17(22)23/h3-7,14-15H,8-9H2,1-2H3,(H,18,21)(H,22,23)/t14-,15-/m0/s1. The number of hydrogen-bond donors (Lipinski definition) is 2. The second-order valence-corrected chi connectivity index (χ2v) is 6.06. The van der Waals surface area contributed by atoms with Gasteiger partial charge >= 0.3 is 5.97 Å². The molecule has 0 saturated heterocycles. The number of carboxylic acids is 1. The molecule has 23 heavy (non-hydrogen) atoms. The topological polar surface area (TPSA) is 84.2 Å². The summed E-state index contributed by atoms with van der Waals surface area (Å²) in [5, 5.41) is 16.1. The molecule has 2 aromatic rings. The van der Waals surface area contributed by atoms with Gasteiger partial charge in [-0.25, -0.2) is 0 Å². The first-order valence-corrected chi connectivity index (χ1v) is 7.57. The first-order valence-electron chi connectivity index (χ1n) is 7.57. The lowest BCUT2D eigenvalue weighted by Gasteiger charge is -2.08. The highest BCUT2D eigenvalue weighted by Crippen LogP contribution is 2.39. The number of aryl methyl sites for hydroxylation is 2. The Morgan fingerprint density at radius 2 is 2.09 bits per heavy atom. The van der Waals surface area contributed by atoms with Crippen LogP contribution in [0.15, 0.2) is 30.3 Å². The Kier molecular flexibility index (Phi) is 3.90. The number of benzene rings is 1. The molecule has 2 N–H and O–H groups in total. The molecule has 1 amide bonds. The molecule has 1 aromatic heterocycles. The summed E-state index contributed by atoms with van der Waals surface area (Å²) in [4.78, 5) is 22.9. The van der Waals surface area contributed by atoms with E-state index in [9.17, 15) is 9.59 Å². The maximum atomic E-state index is 12.0. The van der Waals surface area contributed by atoms with Crippen LogP contribution in [0.3, 0.4) is 0 Å². The largest absolute Gasteiger partial charge is 0.481 e. The maximum Gasteiger partial charge on any atom is 0.307 e. The molecular weight excluding hydrogens is 294 g/mol. The summed E-state index contributed by atoms with van der Waals surface area (Å²) < 4.78 is 1.91. The van der Waals surface area contributed by atoms with Gasteiger partial charge in [0.1, 0.15) is 0 Å². The van der Waals surface area contributed by atoms with Crippen molar-refractivity contribution in [3.63, 3.8) is 0 Å². The first kappa shape index (κ1) is 15.3. The highest BCUT2D eigenvalue weighted by molar-refractivity contribution is 5.98. The average molecular weight is 313 g/mol. The van der Waals surface area contributed by atoms with Crippen molar-refractivity contribution in [2.75, 3.05) is 5.32 Å². The fourth-order valence-electron chi connectivity index (χ4n) is 2.75. The number of anilines is 1. The van der Waals surface area contributed by atoms with E-state index < -0.39 is 17.8 Å². The zero-order valence-electron chi connectivity index (χ0n) is 13.1. The zero-order chi connectivity index (χ0) is 16.6. The van der Waals surface area contributed by atoms with Crippen LogP contribution in [0, 0.1) is 25.7 Å². The van der Waals surface area contributed by atoms with E-state index in [2.05, 4.69) is 10.4 Å². The Morgan fingerprint density at radius 3 is 2.70 bits per heavy atom. The molecular formula is C17H19N3O3. The minimum atomic E-state index is -0.900. The third-order valence-electron chi connectivity index (χ3n) is 4.07. The Labute approximate surface area is 134 Å². The van der Waals surface area contributed by atoms with Gasteiger partial charge in [0, 0.05) is 11.4 Å². The molecule has 0 aliphatic heterocycles. The van der Waals surface area contributed by atoms with Crippen molar-refractivity contribution in [2.45, 2.75) is 26.8 Å². The highest BCUT2D eigenvalue weighted by atomic mass is 16.4. The van der Waals surface area contributed by atoms with E-state index in [1.165, 1.54) is 0 Å². The molecule has 2 atom stereocenters. The summed E-state index contributed by atoms with van der Waals surface area (Å²) in [5.74, 6) is -2.07. The van der Waals surface area contributed by atoms with Gasteiger partial charge in [-0.1, -0.05) is 12.1 Å². The van der Waals surface area contributed by atoms with Crippen molar-refractivity contribution >= 4 is 17.6 Å². The molecule has 1 saturated carbocycles. The Balaban J connectivity index is 1.67. The number of carbonyl (C=O) groups excluding carboxylic acids is 1. The lowest BCUT2D eigenvalue weighted by Crippen LogP contribution is -2.17. The van der Waals surface area contributed by atoms with Gasteiger partial charge < -0.3 is 10.4 Å². The van der Waals surface area contributed by atoms with Gasteiger partial charge in [-0.2, -0.15) is 5.10 Å². The van der Waals surface area contributed by atoms with Crippen molar-refractivity contribution in [3.05, 3.63) is 47.3 Å². The van der Waals surface area contributed by atoms with Gasteiger partial charge in [-0.3, -0.25) is 14.3 Å². The lowest BCUT2D eigenvalue weighted by atomic mass is 10.2. The van der Waals surface area contributed by atoms with Crippen LogP contribution in [0.4, 0.5) is 5.69 Å². The molecule has 6 heteroatoms. The Morgan fingerprint density at radius 1 is 1.30 bits per heavy atom. The number of nitrogens with one attached hydrogen (secondary N) is 1. The van der Waals surface area contributed by atoms with Crippen molar-refractivity contribution < 1.29 is 14.7 Å². The van der Waals surface area contributed by atoms with Crippen LogP contribution in [0.1, 0.15) is 23.4 Å². The van der Waals surface area contributed by atoms with Crippen LogP contribution in [0.5, 0.6) is 0 Å². The molecule has 6 nitrogen and oxygen atoms in total. The number of rotatable bonds is 5. The van der Waals surface area contributed by atoms with Crippen LogP contribution in [0.25, 0.3) is 0 Å². The predicted octanol–water partition coefficient (Wildman–Crippen LogP) is 2.21. The van der Waals surface area contributed by atoms with Crippen LogP contribution in [-0.4, -0.2) is 26.8 Å². The summed E-state index contributed by atoms with van der Waals surface area (Å²) >= 11 is 0. The molecule has 0 radical (unpaired) electrons. The highest BCUT2D eigenvalue weighted by Gasteiger charge is 2.48. The van der Waals surface area contributed by atoms with E-state index in [1.807, 2.05) is 42.8 Å². The molecule has 1 heterocycles. The molecule has 120 valence electrons. The molecule has 1 aromatic carbocycles. The van der Waals surface area contributed by atoms with Crippen LogP contribution in [0.2, 0.25) is 0 Å². The second-order valence-electron chi connectivity index (χ2n) is 6.06. The normalized spacial score (nSPS) is 19.4. The van der Waals surface area contributed by atoms with Gasteiger partial charge in [0.25, 0.3) is 0 Å². The third kappa shape index (κ3) is 3.41. The minimum absolute atomic E-state index is 0.222. The van der Waals surface area contributed by atoms with E-state index in [4.69, 9.17) is 5.11 Å². The third-order valence-corrected chi connectivity index (χ3v) is 4.07. The number of carboxylic acid groups (broad SMARTS) is 1. The number of aromatic nitrogens is 2. The summed E-state index contributed by atoms with van der Waals surface area (Å²) in [6.07, 6.45) is 0.423. The maximum absolute atomic E-state index is 12.0. The van der Waals surface area contributed by atoms with Crippen LogP contribution >= 0.6 is 0 Å². The van der Waals surface area contributed by atoms with E-state index >= 15 is 0 Å². The summed E-state index contributed by atoms with van der Waals surface area (Å²) in [6, 6.07) is 9.57. The fraction of sp³-hybridized carbons (Fsp3) is 0.353. The molecule has 1 fully saturated rings. The second kappa shape index (κ2) is 5.87.